The van der Waals surface area contributed by atoms with Gasteiger partial charge in [0.2, 0.25) is 0 Å². The summed E-state index contributed by atoms with van der Waals surface area (Å²) >= 11 is 0. The number of para-hydroxylation sites is 1. The van der Waals surface area contributed by atoms with Crippen molar-refractivity contribution in [3.05, 3.63) is 176 Å². The van der Waals surface area contributed by atoms with Gasteiger partial charge in [-0.05, 0) is 89.5 Å². The van der Waals surface area contributed by atoms with Crippen LogP contribution in [0, 0.1) is 0 Å². The lowest BCUT2D eigenvalue weighted by molar-refractivity contribution is 1.31. The summed E-state index contributed by atoms with van der Waals surface area (Å²) in [6.45, 7) is 0. The normalized spacial score (nSPS) is 11.5. The molecule has 0 fully saturated rings. The van der Waals surface area contributed by atoms with E-state index in [0.717, 1.165) is 94.2 Å². The van der Waals surface area contributed by atoms with Gasteiger partial charge in [0.1, 0.15) is 0 Å². The Bertz CT molecular complexity index is 2890. The second-order valence-electron chi connectivity index (χ2n) is 12.9. The molecule has 0 saturated heterocycles. The fourth-order valence-corrected chi connectivity index (χ4v) is 7.20. The van der Waals surface area contributed by atoms with Crippen LogP contribution in [0.1, 0.15) is 0 Å². The Balaban J connectivity index is 1.08. The first-order chi connectivity index (χ1) is 25.7. The van der Waals surface area contributed by atoms with E-state index in [9.17, 15) is 0 Å². The first-order valence-electron chi connectivity index (χ1n) is 17.3. The number of nitrogens with zero attached hydrogens (tertiary/aromatic N) is 5. The van der Waals surface area contributed by atoms with Crippen LogP contribution in [0.3, 0.4) is 0 Å². The van der Waals surface area contributed by atoms with Crippen LogP contribution in [-0.4, -0.2) is 24.9 Å². The number of hydrogen-bond donors (Lipinski definition) is 0. The molecule has 5 heteroatoms. The van der Waals surface area contributed by atoms with Gasteiger partial charge in [0, 0.05) is 50.6 Å². The molecule has 0 spiro atoms. The van der Waals surface area contributed by atoms with Crippen LogP contribution < -0.4 is 0 Å². The average Bonchev–Trinajstić information content (AvgIpc) is 3.23. The predicted molar refractivity (Wildman–Crippen MR) is 213 cm³/mol. The minimum absolute atomic E-state index is 0.810. The number of rotatable bonds is 5. The van der Waals surface area contributed by atoms with Gasteiger partial charge in [-0.25, -0.2) is 15.0 Å². The Morgan fingerprint density at radius 2 is 0.962 bits per heavy atom. The first kappa shape index (κ1) is 29.8. The second kappa shape index (κ2) is 12.3. The van der Waals surface area contributed by atoms with E-state index >= 15 is 0 Å². The van der Waals surface area contributed by atoms with Crippen LogP contribution >= 0.6 is 0 Å². The molecular weight excluding hydrogens is 635 g/mol. The van der Waals surface area contributed by atoms with Crippen LogP contribution in [0.15, 0.2) is 176 Å². The molecule has 5 nitrogen and oxygen atoms in total. The molecule has 0 saturated carbocycles. The summed E-state index contributed by atoms with van der Waals surface area (Å²) in [4.78, 5) is 24.8. The number of hydrogen-bond acceptors (Lipinski definition) is 5. The quantitative estimate of drug-likeness (QED) is 0.135. The van der Waals surface area contributed by atoms with E-state index in [2.05, 4.69) is 131 Å². The standard InChI is InChI=1S/C47H29N5/c1-2-10-30(11-3-1)45-37-12-4-5-15-42(37)51-47-38(45)20-16-31-17-22-44(52-46(31)47)43-23-19-33-26-32(18-21-41(33)50-43)34-27-35(39-13-6-8-24-48-39)29-36(28-34)40-14-7-9-25-49-40/h1-29H. The summed E-state index contributed by atoms with van der Waals surface area (Å²) < 4.78 is 0. The molecule has 0 atom stereocenters. The van der Waals surface area contributed by atoms with Crippen LogP contribution in [0.4, 0.5) is 0 Å². The van der Waals surface area contributed by atoms with Gasteiger partial charge >= 0.3 is 0 Å². The topological polar surface area (TPSA) is 64.5 Å². The highest BCUT2D eigenvalue weighted by Gasteiger charge is 2.16. The molecule has 52 heavy (non-hydrogen) atoms. The van der Waals surface area contributed by atoms with E-state index in [0.29, 0.717) is 0 Å². The van der Waals surface area contributed by atoms with Crippen molar-refractivity contribution in [1.29, 1.82) is 0 Å². The SMILES string of the molecule is c1ccc(-c2c3ccccc3nc3c2ccc2ccc(-c4ccc5cc(-c6cc(-c7ccccn7)cc(-c7ccccn7)c6)ccc5n4)nc23)cc1. The molecule has 5 aromatic carbocycles. The van der Waals surface area contributed by atoms with Crippen LogP contribution in [-0.2, 0) is 0 Å². The van der Waals surface area contributed by atoms with Gasteiger partial charge in [-0.2, -0.15) is 0 Å². The number of fused-ring (bicyclic) bond motifs is 5. The van der Waals surface area contributed by atoms with Crippen molar-refractivity contribution in [2.24, 2.45) is 0 Å². The Hall–Kier alpha value is -7.11. The molecule has 0 bridgehead atoms. The summed E-state index contributed by atoms with van der Waals surface area (Å²) in [6, 6.07) is 56.6. The van der Waals surface area contributed by atoms with Gasteiger partial charge < -0.3 is 0 Å². The zero-order valence-electron chi connectivity index (χ0n) is 28.0. The van der Waals surface area contributed by atoms with Crippen molar-refractivity contribution in [2.75, 3.05) is 0 Å². The molecule has 0 aliphatic heterocycles. The van der Waals surface area contributed by atoms with Gasteiger partial charge in [-0.15, -0.1) is 0 Å². The predicted octanol–water partition coefficient (Wildman–Crippen LogP) is 11.6. The summed E-state index contributed by atoms with van der Waals surface area (Å²) in [5.41, 5.74) is 13.7. The van der Waals surface area contributed by atoms with Gasteiger partial charge in [-0.3, -0.25) is 9.97 Å². The van der Waals surface area contributed by atoms with E-state index in [1.807, 2.05) is 54.9 Å². The second-order valence-corrected chi connectivity index (χ2v) is 12.9. The van der Waals surface area contributed by atoms with E-state index in [4.69, 9.17) is 15.0 Å². The van der Waals surface area contributed by atoms with Crippen molar-refractivity contribution in [1.82, 2.24) is 24.9 Å². The Morgan fingerprint density at radius 1 is 0.308 bits per heavy atom. The highest BCUT2D eigenvalue weighted by atomic mass is 14.8. The van der Waals surface area contributed by atoms with Crippen LogP contribution in [0.2, 0.25) is 0 Å². The number of benzene rings is 5. The van der Waals surface area contributed by atoms with Crippen molar-refractivity contribution >= 4 is 43.6 Å². The average molecular weight is 664 g/mol. The van der Waals surface area contributed by atoms with Crippen molar-refractivity contribution in [3.63, 3.8) is 0 Å². The Kier molecular flexibility index (Phi) is 7.07. The van der Waals surface area contributed by atoms with Crippen LogP contribution in [0.25, 0.3) is 99.8 Å². The van der Waals surface area contributed by atoms with Gasteiger partial charge in [-0.1, -0.05) is 91.0 Å². The van der Waals surface area contributed by atoms with E-state index in [1.165, 1.54) is 5.56 Å². The molecule has 5 heterocycles. The molecule has 0 N–H and O–H groups in total. The maximum Gasteiger partial charge on any atom is 0.0978 e. The fraction of sp³-hybridized carbons (Fsp3) is 0. The Morgan fingerprint density at radius 3 is 1.71 bits per heavy atom. The Labute approximate surface area is 300 Å². The lowest BCUT2D eigenvalue weighted by atomic mass is 9.95. The number of aromatic nitrogens is 5. The zero-order valence-corrected chi connectivity index (χ0v) is 28.0. The first-order valence-corrected chi connectivity index (χ1v) is 17.3. The minimum Gasteiger partial charge on any atom is -0.256 e. The highest BCUT2D eigenvalue weighted by molar-refractivity contribution is 6.16. The molecule has 242 valence electrons. The largest absolute Gasteiger partial charge is 0.256 e. The lowest BCUT2D eigenvalue weighted by Crippen LogP contribution is -1.94. The summed E-state index contributed by atoms with van der Waals surface area (Å²) in [7, 11) is 0. The van der Waals surface area contributed by atoms with E-state index in [-0.39, 0.29) is 0 Å². The number of pyridine rings is 5. The van der Waals surface area contributed by atoms with Crippen LogP contribution in [0.5, 0.6) is 0 Å². The third kappa shape index (κ3) is 5.24. The fourth-order valence-electron chi connectivity index (χ4n) is 7.20. The monoisotopic (exact) mass is 663 g/mol. The molecule has 5 aromatic heterocycles. The molecule has 10 rings (SSSR count). The maximum absolute atomic E-state index is 5.23. The molecule has 10 aromatic rings. The summed E-state index contributed by atoms with van der Waals surface area (Å²) in [5.74, 6) is 0. The zero-order chi connectivity index (χ0) is 34.4. The third-order valence-electron chi connectivity index (χ3n) is 9.71. The molecule has 0 aliphatic rings. The molecule has 0 unspecified atom stereocenters. The highest BCUT2D eigenvalue weighted by Crippen LogP contribution is 2.38. The molecule has 0 radical (unpaired) electrons. The maximum atomic E-state index is 5.23. The van der Waals surface area contributed by atoms with Crippen molar-refractivity contribution < 1.29 is 0 Å². The van der Waals surface area contributed by atoms with Crippen molar-refractivity contribution in [3.8, 4) is 56.2 Å². The summed E-state index contributed by atoms with van der Waals surface area (Å²) in [6.07, 6.45) is 3.66. The summed E-state index contributed by atoms with van der Waals surface area (Å²) in [5, 5.41) is 4.31. The van der Waals surface area contributed by atoms with Gasteiger partial charge in [0.05, 0.1) is 44.8 Å². The minimum atomic E-state index is 0.810. The van der Waals surface area contributed by atoms with Crippen molar-refractivity contribution in [2.45, 2.75) is 0 Å². The van der Waals surface area contributed by atoms with Gasteiger partial charge in [0.15, 0.2) is 0 Å². The van der Waals surface area contributed by atoms with E-state index < -0.39 is 0 Å². The molecule has 0 aliphatic carbocycles. The lowest BCUT2D eigenvalue weighted by Gasteiger charge is -2.13. The molecular formula is C47H29N5. The van der Waals surface area contributed by atoms with E-state index in [1.54, 1.807) is 0 Å². The van der Waals surface area contributed by atoms with Gasteiger partial charge in [0.25, 0.3) is 0 Å². The smallest absolute Gasteiger partial charge is 0.0978 e. The third-order valence-corrected chi connectivity index (χ3v) is 9.71. The molecule has 0 amide bonds.